The average Bonchev–Trinajstić information content (AvgIpc) is 3.35. The smallest absolute Gasteiger partial charge is 0.318 e. The van der Waals surface area contributed by atoms with Crippen molar-refractivity contribution in [2.45, 2.75) is 65.1 Å². The van der Waals surface area contributed by atoms with Crippen LogP contribution in [0.1, 0.15) is 69.8 Å². The molecule has 1 aliphatic rings. The lowest BCUT2D eigenvalue weighted by atomic mass is 10.2. The van der Waals surface area contributed by atoms with E-state index < -0.39 is 0 Å². The highest BCUT2D eigenvalue weighted by atomic mass is 16.5. The number of nitrogens with zero attached hydrogens (tertiary/aromatic N) is 3. The van der Waals surface area contributed by atoms with Crippen molar-refractivity contribution in [2.75, 3.05) is 6.61 Å². The summed E-state index contributed by atoms with van der Waals surface area (Å²) in [5, 5.41) is 6.95. The van der Waals surface area contributed by atoms with Crippen molar-refractivity contribution in [3.05, 3.63) is 41.5 Å². The number of amides is 2. The Bertz CT molecular complexity index is 753. The van der Waals surface area contributed by atoms with E-state index in [4.69, 9.17) is 9.26 Å². The Kier molecular flexibility index (Phi) is 5.98. The number of nitrogens with one attached hydrogen (secondary N) is 1. The van der Waals surface area contributed by atoms with Crippen LogP contribution in [0.2, 0.25) is 0 Å². The van der Waals surface area contributed by atoms with Crippen molar-refractivity contribution in [1.82, 2.24) is 20.4 Å². The van der Waals surface area contributed by atoms with Gasteiger partial charge in [0.05, 0.1) is 6.61 Å². The number of carbonyl (C=O) groups is 1. The molecule has 7 heteroatoms. The molecule has 1 aliphatic carbocycles. The van der Waals surface area contributed by atoms with Gasteiger partial charge in [0.15, 0.2) is 5.82 Å². The molecule has 1 N–H and O–H groups in total. The maximum atomic E-state index is 12.8. The van der Waals surface area contributed by atoms with Crippen LogP contribution in [0.25, 0.3) is 0 Å². The molecule has 1 aromatic heterocycles. The van der Waals surface area contributed by atoms with Crippen LogP contribution in [0.4, 0.5) is 4.79 Å². The van der Waals surface area contributed by atoms with E-state index in [1.54, 1.807) is 0 Å². The molecule has 1 atom stereocenters. The van der Waals surface area contributed by atoms with Gasteiger partial charge in [0.1, 0.15) is 11.8 Å². The number of rotatable bonds is 8. The standard InChI is InChI=1S/C20H28N4O3/c1-5-26-17-10-6-15(7-11-17)12-24(16-8-9-16)20(25)21-14(4)19-22-18(13(2)3)23-27-19/h6-7,10-11,13-14,16H,5,8-9,12H2,1-4H3,(H,21,25)/t14-/m0/s1. The quantitative estimate of drug-likeness (QED) is 0.757. The predicted octanol–water partition coefficient (Wildman–Crippen LogP) is 4.03. The van der Waals surface area contributed by atoms with Crippen LogP contribution in [0, 0.1) is 0 Å². The Balaban J connectivity index is 1.62. The molecule has 7 nitrogen and oxygen atoms in total. The van der Waals surface area contributed by atoms with Crippen molar-refractivity contribution >= 4 is 6.03 Å². The van der Waals surface area contributed by atoms with Crippen molar-refractivity contribution < 1.29 is 14.1 Å². The summed E-state index contributed by atoms with van der Waals surface area (Å²) in [5.41, 5.74) is 1.08. The largest absolute Gasteiger partial charge is 0.494 e. The van der Waals surface area contributed by atoms with Gasteiger partial charge in [-0.3, -0.25) is 0 Å². The van der Waals surface area contributed by atoms with Gasteiger partial charge in [-0.25, -0.2) is 4.79 Å². The lowest BCUT2D eigenvalue weighted by molar-refractivity contribution is 0.186. The van der Waals surface area contributed by atoms with Gasteiger partial charge in [0.2, 0.25) is 5.89 Å². The molecule has 1 aromatic carbocycles. The molecule has 0 radical (unpaired) electrons. The molecule has 0 saturated heterocycles. The van der Waals surface area contributed by atoms with E-state index in [9.17, 15) is 4.79 Å². The number of carbonyl (C=O) groups excluding carboxylic acids is 1. The molecule has 1 saturated carbocycles. The number of hydrogen-bond acceptors (Lipinski definition) is 5. The molecule has 27 heavy (non-hydrogen) atoms. The first-order valence-electron chi connectivity index (χ1n) is 9.60. The Morgan fingerprint density at radius 2 is 2.00 bits per heavy atom. The van der Waals surface area contributed by atoms with Crippen LogP contribution >= 0.6 is 0 Å². The second kappa shape index (κ2) is 8.41. The van der Waals surface area contributed by atoms with Gasteiger partial charge < -0.3 is 19.5 Å². The zero-order valence-electron chi connectivity index (χ0n) is 16.4. The van der Waals surface area contributed by atoms with Crippen LogP contribution in [0.15, 0.2) is 28.8 Å². The van der Waals surface area contributed by atoms with Crippen molar-refractivity contribution in [1.29, 1.82) is 0 Å². The lowest BCUT2D eigenvalue weighted by Crippen LogP contribution is -2.42. The highest BCUT2D eigenvalue weighted by Gasteiger charge is 2.33. The fourth-order valence-corrected chi connectivity index (χ4v) is 2.79. The van der Waals surface area contributed by atoms with Gasteiger partial charge in [-0.05, 0) is 44.4 Å². The van der Waals surface area contributed by atoms with Gasteiger partial charge >= 0.3 is 6.03 Å². The van der Waals surface area contributed by atoms with E-state index in [1.165, 1.54) is 0 Å². The molecule has 3 rings (SSSR count). The Labute approximate surface area is 160 Å². The number of urea groups is 1. The maximum absolute atomic E-state index is 12.8. The van der Waals surface area contributed by atoms with Crippen LogP contribution in [0.5, 0.6) is 5.75 Å². The highest BCUT2D eigenvalue weighted by molar-refractivity contribution is 5.75. The molecule has 0 spiro atoms. The summed E-state index contributed by atoms with van der Waals surface area (Å²) < 4.78 is 10.8. The Morgan fingerprint density at radius 1 is 1.30 bits per heavy atom. The van der Waals surface area contributed by atoms with E-state index in [2.05, 4.69) is 15.5 Å². The van der Waals surface area contributed by atoms with Gasteiger partial charge in [-0.1, -0.05) is 31.1 Å². The number of ether oxygens (including phenoxy) is 1. The second-order valence-corrected chi connectivity index (χ2v) is 7.25. The number of aromatic nitrogens is 2. The molecule has 0 bridgehead atoms. The van der Waals surface area contributed by atoms with Crippen LogP contribution < -0.4 is 10.1 Å². The van der Waals surface area contributed by atoms with E-state index >= 15 is 0 Å². The SMILES string of the molecule is CCOc1ccc(CN(C(=O)N[C@@H](C)c2nc(C(C)C)no2)C2CC2)cc1. The fourth-order valence-electron chi connectivity index (χ4n) is 2.79. The van der Waals surface area contributed by atoms with Gasteiger partial charge in [0.25, 0.3) is 0 Å². The Morgan fingerprint density at radius 3 is 2.56 bits per heavy atom. The first-order chi connectivity index (χ1) is 13.0. The van der Waals surface area contributed by atoms with Crippen molar-refractivity contribution in [2.24, 2.45) is 0 Å². The lowest BCUT2D eigenvalue weighted by Gasteiger charge is -2.24. The third kappa shape index (κ3) is 4.99. The van der Waals surface area contributed by atoms with Gasteiger partial charge in [-0.15, -0.1) is 0 Å². The summed E-state index contributed by atoms with van der Waals surface area (Å²) >= 11 is 0. The van der Waals surface area contributed by atoms with E-state index in [0.717, 1.165) is 24.2 Å². The topological polar surface area (TPSA) is 80.5 Å². The molecule has 1 fully saturated rings. The van der Waals surface area contributed by atoms with Crippen molar-refractivity contribution in [3.63, 3.8) is 0 Å². The average molecular weight is 372 g/mol. The molecule has 146 valence electrons. The van der Waals surface area contributed by atoms with Crippen LogP contribution in [-0.2, 0) is 6.54 Å². The summed E-state index contributed by atoms with van der Waals surface area (Å²) in [6.07, 6.45) is 2.08. The molecule has 0 unspecified atom stereocenters. The molecule has 0 aliphatic heterocycles. The minimum atomic E-state index is -0.334. The van der Waals surface area contributed by atoms with Crippen LogP contribution in [-0.4, -0.2) is 33.7 Å². The summed E-state index contributed by atoms with van der Waals surface area (Å²) in [6.45, 7) is 9.03. The van der Waals surface area contributed by atoms with E-state index in [1.807, 2.05) is 56.9 Å². The predicted molar refractivity (Wildman–Crippen MR) is 102 cm³/mol. The fraction of sp³-hybridized carbons (Fsp3) is 0.550. The molecule has 1 heterocycles. The van der Waals surface area contributed by atoms with Gasteiger partial charge in [-0.2, -0.15) is 4.98 Å². The van der Waals surface area contributed by atoms with Crippen molar-refractivity contribution in [3.8, 4) is 5.75 Å². The minimum Gasteiger partial charge on any atom is -0.494 e. The van der Waals surface area contributed by atoms with E-state index in [-0.39, 0.29) is 24.0 Å². The monoisotopic (exact) mass is 372 g/mol. The minimum absolute atomic E-state index is 0.108. The maximum Gasteiger partial charge on any atom is 0.318 e. The molecule has 2 amide bonds. The number of benzene rings is 1. The Hall–Kier alpha value is -2.57. The summed E-state index contributed by atoms with van der Waals surface area (Å²) in [7, 11) is 0. The summed E-state index contributed by atoms with van der Waals surface area (Å²) in [5.74, 6) is 2.12. The first kappa shape index (κ1) is 19.2. The molecule has 2 aromatic rings. The van der Waals surface area contributed by atoms with Crippen LogP contribution in [0.3, 0.4) is 0 Å². The number of hydrogen-bond donors (Lipinski definition) is 1. The molecular formula is C20H28N4O3. The third-order valence-corrected chi connectivity index (χ3v) is 4.52. The second-order valence-electron chi connectivity index (χ2n) is 7.25. The zero-order chi connectivity index (χ0) is 19.4. The summed E-state index contributed by atoms with van der Waals surface area (Å²) in [4.78, 5) is 19.1. The highest BCUT2D eigenvalue weighted by Crippen LogP contribution is 2.29. The summed E-state index contributed by atoms with van der Waals surface area (Å²) in [6, 6.07) is 7.74. The van der Waals surface area contributed by atoms with E-state index in [0.29, 0.717) is 24.9 Å². The third-order valence-electron chi connectivity index (χ3n) is 4.52. The molecular weight excluding hydrogens is 344 g/mol. The normalized spacial score (nSPS) is 14.9. The van der Waals surface area contributed by atoms with Gasteiger partial charge in [0, 0.05) is 18.5 Å². The zero-order valence-corrected chi connectivity index (χ0v) is 16.4. The first-order valence-corrected chi connectivity index (χ1v) is 9.60.